The molecule has 2 aliphatic rings. The number of carbonyl (C=O) groups is 1. The third-order valence-corrected chi connectivity index (χ3v) is 5.74. The fraction of sp³-hybridized carbons (Fsp3) is 0.471. The lowest BCUT2D eigenvalue weighted by Gasteiger charge is -2.25. The Morgan fingerprint density at radius 1 is 1.48 bits per heavy atom. The van der Waals surface area contributed by atoms with Gasteiger partial charge in [0.2, 0.25) is 5.91 Å². The first-order valence-corrected chi connectivity index (χ1v) is 8.94. The number of carbonyl (C=O) groups excluding carboxylic acids is 1. The third kappa shape index (κ3) is 2.61. The van der Waals surface area contributed by atoms with Gasteiger partial charge in [0.15, 0.2) is 0 Å². The van der Waals surface area contributed by atoms with E-state index in [-0.39, 0.29) is 17.4 Å². The van der Waals surface area contributed by atoms with Crippen LogP contribution in [0.1, 0.15) is 35.0 Å². The van der Waals surface area contributed by atoms with Gasteiger partial charge < -0.3 is 9.88 Å². The summed E-state index contributed by atoms with van der Waals surface area (Å²) in [5.74, 6) is 1.49. The summed E-state index contributed by atoms with van der Waals surface area (Å²) in [6, 6.07) is 2.01. The molecular formula is C17H19N3O2S. The predicted molar refractivity (Wildman–Crippen MR) is 88.7 cm³/mol. The number of aromatic amines is 1. The second-order valence-corrected chi connectivity index (χ2v) is 7.31. The molecular weight excluding hydrogens is 310 g/mol. The van der Waals surface area contributed by atoms with E-state index >= 15 is 0 Å². The zero-order chi connectivity index (χ0) is 16.0. The van der Waals surface area contributed by atoms with Gasteiger partial charge in [0.05, 0.1) is 12.1 Å². The van der Waals surface area contributed by atoms with E-state index < -0.39 is 0 Å². The van der Waals surface area contributed by atoms with Crippen LogP contribution in [0.2, 0.25) is 0 Å². The van der Waals surface area contributed by atoms with Crippen LogP contribution < -0.4 is 5.56 Å². The summed E-state index contributed by atoms with van der Waals surface area (Å²) in [6.07, 6.45) is 2.21. The van der Waals surface area contributed by atoms with Crippen molar-refractivity contribution in [2.75, 3.05) is 13.1 Å². The van der Waals surface area contributed by atoms with Gasteiger partial charge in [-0.05, 0) is 48.1 Å². The van der Waals surface area contributed by atoms with Crippen LogP contribution in [0.3, 0.4) is 0 Å². The van der Waals surface area contributed by atoms with Gasteiger partial charge in [-0.15, -0.1) is 0 Å². The minimum atomic E-state index is -0.00556. The molecule has 0 bridgehead atoms. The smallest absolute Gasteiger partial charge is 0.254 e. The van der Waals surface area contributed by atoms with Gasteiger partial charge >= 0.3 is 0 Å². The maximum Gasteiger partial charge on any atom is 0.254 e. The van der Waals surface area contributed by atoms with Crippen molar-refractivity contribution in [1.29, 1.82) is 0 Å². The van der Waals surface area contributed by atoms with Crippen molar-refractivity contribution in [2.24, 2.45) is 5.92 Å². The summed E-state index contributed by atoms with van der Waals surface area (Å²) in [5.41, 5.74) is 2.83. The first kappa shape index (κ1) is 14.6. The summed E-state index contributed by atoms with van der Waals surface area (Å²) in [4.78, 5) is 34.0. The lowest BCUT2D eigenvalue weighted by atomic mass is 9.80. The second kappa shape index (κ2) is 5.60. The van der Waals surface area contributed by atoms with E-state index in [2.05, 4.69) is 9.97 Å². The summed E-state index contributed by atoms with van der Waals surface area (Å²) >= 11 is 1.62. The molecule has 1 saturated heterocycles. The van der Waals surface area contributed by atoms with Crippen LogP contribution in [-0.4, -0.2) is 33.9 Å². The molecule has 0 radical (unpaired) electrons. The number of nitrogens with zero attached hydrogens (tertiary/aromatic N) is 2. The number of thiophene rings is 1. The highest BCUT2D eigenvalue weighted by molar-refractivity contribution is 7.07. The SMILES string of the molecule is Cc1nc2c(c(=O)[nH]1)CC[C@@H]1CN(C(=O)Cc3ccsc3)C[C@H]21. The van der Waals surface area contributed by atoms with E-state index in [1.807, 2.05) is 28.7 Å². The molecule has 0 unspecified atom stereocenters. The van der Waals surface area contributed by atoms with Gasteiger partial charge in [-0.3, -0.25) is 9.59 Å². The highest BCUT2D eigenvalue weighted by Crippen LogP contribution is 2.39. The molecule has 4 rings (SSSR count). The zero-order valence-corrected chi connectivity index (χ0v) is 13.9. The van der Waals surface area contributed by atoms with Gasteiger partial charge in [-0.1, -0.05) is 0 Å². The number of nitrogens with one attached hydrogen (secondary N) is 1. The van der Waals surface area contributed by atoms with E-state index in [0.717, 1.165) is 36.2 Å². The molecule has 1 N–H and O–H groups in total. The molecule has 2 aromatic heterocycles. The number of likely N-dealkylation sites (tertiary alicyclic amines) is 1. The van der Waals surface area contributed by atoms with Gasteiger partial charge in [-0.2, -0.15) is 11.3 Å². The first-order chi connectivity index (χ1) is 11.1. The molecule has 1 aliphatic carbocycles. The topological polar surface area (TPSA) is 66.1 Å². The summed E-state index contributed by atoms with van der Waals surface area (Å²) in [7, 11) is 0. The first-order valence-electron chi connectivity index (χ1n) is 8.00. The lowest BCUT2D eigenvalue weighted by molar-refractivity contribution is -0.129. The summed E-state index contributed by atoms with van der Waals surface area (Å²) in [5, 5.41) is 4.03. The van der Waals surface area contributed by atoms with Gasteiger partial charge in [0.1, 0.15) is 5.82 Å². The Morgan fingerprint density at radius 3 is 3.13 bits per heavy atom. The molecule has 0 aromatic carbocycles. The Hall–Kier alpha value is -1.95. The van der Waals surface area contributed by atoms with E-state index in [4.69, 9.17) is 0 Å². The molecule has 120 valence electrons. The molecule has 1 fully saturated rings. The number of hydrogen-bond donors (Lipinski definition) is 1. The van der Waals surface area contributed by atoms with E-state index in [1.165, 1.54) is 0 Å². The minimum Gasteiger partial charge on any atom is -0.341 e. The molecule has 3 heterocycles. The molecule has 0 spiro atoms. The number of fused-ring (bicyclic) bond motifs is 3. The van der Waals surface area contributed by atoms with Crippen LogP contribution in [0.25, 0.3) is 0 Å². The van der Waals surface area contributed by atoms with Crippen LogP contribution in [0.15, 0.2) is 21.6 Å². The number of rotatable bonds is 2. The largest absolute Gasteiger partial charge is 0.341 e. The van der Waals surface area contributed by atoms with Crippen molar-refractivity contribution in [2.45, 2.75) is 32.1 Å². The van der Waals surface area contributed by atoms with Crippen molar-refractivity contribution in [3.05, 3.63) is 49.8 Å². The number of aromatic nitrogens is 2. The van der Waals surface area contributed by atoms with Crippen LogP contribution in [-0.2, 0) is 17.6 Å². The van der Waals surface area contributed by atoms with Crippen LogP contribution >= 0.6 is 11.3 Å². The average molecular weight is 329 g/mol. The van der Waals surface area contributed by atoms with Gasteiger partial charge in [0.25, 0.3) is 5.56 Å². The molecule has 23 heavy (non-hydrogen) atoms. The number of hydrogen-bond acceptors (Lipinski definition) is 4. The van der Waals surface area contributed by atoms with E-state index in [1.54, 1.807) is 11.3 Å². The Morgan fingerprint density at radius 2 is 2.35 bits per heavy atom. The normalized spacial score (nSPS) is 22.7. The fourth-order valence-corrected chi connectivity index (χ4v) is 4.54. The van der Waals surface area contributed by atoms with Crippen molar-refractivity contribution >= 4 is 17.2 Å². The molecule has 1 amide bonds. The number of aryl methyl sites for hydroxylation is 1. The average Bonchev–Trinajstić information content (AvgIpc) is 3.15. The number of H-pyrrole nitrogens is 1. The molecule has 5 nitrogen and oxygen atoms in total. The Balaban J connectivity index is 1.57. The van der Waals surface area contributed by atoms with Gasteiger partial charge in [0, 0.05) is 24.6 Å². The fourth-order valence-electron chi connectivity index (χ4n) is 3.87. The van der Waals surface area contributed by atoms with Crippen LogP contribution in [0, 0.1) is 12.8 Å². The van der Waals surface area contributed by atoms with Gasteiger partial charge in [-0.25, -0.2) is 4.98 Å². The molecule has 0 saturated carbocycles. The van der Waals surface area contributed by atoms with Crippen molar-refractivity contribution in [3.63, 3.8) is 0 Å². The maximum atomic E-state index is 12.5. The van der Waals surface area contributed by atoms with Crippen molar-refractivity contribution in [1.82, 2.24) is 14.9 Å². The van der Waals surface area contributed by atoms with Crippen molar-refractivity contribution in [3.8, 4) is 0 Å². The summed E-state index contributed by atoms with van der Waals surface area (Å²) in [6.45, 7) is 3.30. The standard InChI is InChI=1S/C17H19N3O2S/c1-10-18-16-13(17(22)19-10)3-2-12-7-20(8-14(12)16)15(21)6-11-4-5-23-9-11/h4-5,9,12,14H,2-3,6-8H2,1H3,(H,18,19,22)/t12-,14+/m1/s1. The summed E-state index contributed by atoms with van der Waals surface area (Å²) < 4.78 is 0. The minimum absolute atomic E-state index is 0.00556. The molecule has 1 aliphatic heterocycles. The van der Waals surface area contributed by atoms with Crippen LogP contribution in [0.5, 0.6) is 0 Å². The molecule has 2 atom stereocenters. The Kier molecular flexibility index (Phi) is 3.56. The predicted octanol–water partition coefficient (Wildman–Crippen LogP) is 1.87. The quantitative estimate of drug-likeness (QED) is 0.915. The number of amides is 1. The highest BCUT2D eigenvalue weighted by Gasteiger charge is 2.41. The Labute approximate surface area is 138 Å². The van der Waals surface area contributed by atoms with Crippen LogP contribution in [0.4, 0.5) is 0 Å². The maximum absolute atomic E-state index is 12.5. The van der Waals surface area contributed by atoms with E-state index in [0.29, 0.717) is 24.7 Å². The lowest BCUT2D eigenvalue weighted by Crippen LogP contribution is -2.30. The van der Waals surface area contributed by atoms with E-state index in [9.17, 15) is 9.59 Å². The monoisotopic (exact) mass is 329 g/mol. The third-order valence-electron chi connectivity index (χ3n) is 5.01. The Bertz CT molecular complexity index is 797. The second-order valence-electron chi connectivity index (χ2n) is 6.53. The zero-order valence-electron chi connectivity index (χ0n) is 13.0. The highest BCUT2D eigenvalue weighted by atomic mass is 32.1. The molecule has 6 heteroatoms. The molecule has 2 aromatic rings. The van der Waals surface area contributed by atoms with Crippen molar-refractivity contribution < 1.29 is 4.79 Å².